The van der Waals surface area contributed by atoms with Gasteiger partial charge in [-0.2, -0.15) is 0 Å². The van der Waals surface area contributed by atoms with Crippen molar-refractivity contribution in [1.82, 2.24) is 19.8 Å². The van der Waals surface area contributed by atoms with Gasteiger partial charge in [0.25, 0.3) is 10.0 Å². The number of piperidine rings is 1. The Morgan fingerprint density at radius 2 is 1.80 bits per heavy atom. The first-order valence-electron chi connectivity index (χ1n) is 10.3. The van der Waals surface area contributed by atoms with E-state index < -0.39 is 22.0 Å². The standard InChI is InChI=1S/C21H28N4O4S/c1-14-3-7-18(8-4-14)30(28,29)25-10-9-22-21(27)19(25)13-20(26)23-15-11-16-5-6-17(12-15)24(16)2/h3-4,7-10,15-17,19H,5-6,11-13H2,1-2H3,(H,22,27)(H,23,26)/t15?,16-,17+,19-/m1/s1. The van der Waals surface area contributed by atoms with Crippen molar-refractivity contribution in [3.63, 3.8) is 0 Å². The first-order valence-corrected chi connectivity index (χ1v) is 11.8. The number of carbonyl (C=O) groups excluding carboxylic acids is 2. The Morgan fingerprint density at radius 1 is 1.17 bits per heavy atom. The zero-order valence-electron chi connectivity index (χ0n) is 17.2. The molecule has 0 saturated carbocycles. The number of rotatable bonds is 5. The summed E-state index contributed by atoms with van der Waals surface area (Å²) in [5.74, 6) is -0.810. The maximum absolute atomic E-state index is 13.1. The smallest absolute Gasteiger partial charge is 0.264 e. The van der Waals surface area contributed by atoms with Gasteiger partial charge in [-0.1, -0.05) is 17.7 Å². The summed E-state index contributed by atoms with van der Waals surface area (Å²) in [6, 6.07) is 6.34. The third kappa shape index (κ3) is 3.96. The van der Waals surface area contributed by atoms with E-state index in [1.807, 2.05) is 6.92 Å². The molecule has 2 N–H and O–H groups in total. The summed E-state index contributed by atoms with van der Waals surface area (Å²) in [6.07, 6.45) is 6.45. The van der Waals surface area contributed by atoms with Crippen molar-refractivity contribution in [3.05, 3.63) is 42.2 Å². The highest BCUT2D eigenvalue weighted by Gasteiger charge is 2.40. The lowest BCUT2D eigenvalue weighted by atomic mass is 9.97. The summed E-state index contributed by atoms with van der Waals surface area (Å²) < 4.78 is 27.2. The van der Waals surface area contributed by atoms with E-state index in [0.29, 0.717) is 12.1 Å². The minimum absolute atomic E-state index is 0.0653. The average Bonchev–Trinajstić information content (AvgIpc) is 2.90. The maximum atomic E-state index is 13.1. The highest BCUT2D eigenvalue weighted by molar-refractivity contribution is 7.89. The van der Waals surface area contributed by atoms with Gasteiger partial charge in [0.05, 0.1) is 11.3 Å². The topological polar surface area (TPSA) is 98.8 Å². The van der Waals surface area contributed by atoms with Gasteiger partial charge in [0.15, 0.2) is 0 Å². The summed E-state index contributed by atoms with van der Waals surface area (Å²) in [4.78, 5) is 27.7. The van der Waals surface area contributed by atoms with E-state index in [1.54, 1.807) is 12.1 Å². The zero-order valence-corrected chi connectivity index (χ0v) is 18.1. The fourth-order valence-corrected chi connectivity index (χ4v) is 6.21. The quantitative estimate of drug-likeness (QED) is 0.726. The Balaban J connectivity index is 1.47. The van der Waals surface area contributed by atoms with Gasteiger partial charge >= 0.3 is 0 Å². The van der Waals surface area contributed by atoms with Crippen molar-refractivity contribution in [3.8, 4) is 0 Å². The zero-order chi connectivity index (χ0) is 21.5. The Labute approximate surface area is 177 Å². The van der Waals surface area contributed by atoms with E-state index in [2.05, 4.69) is 22.6 Å². The molecule has 2 bridgehead atoms. The lowest BCUT2D eigenvalue weighted by Gasteiger charge is -2.37. The molecule has 8 nitrogen and oxygen atoms in total. The van der Waals surface area contributed by atoms with Gasteiger partial charge in [-0.25, -0.2) is 8.42 Å². The molecule has 4 atom stereocenters. The van der Waals surface area contributed by atoms with Crippen molar-refractivity contribution in [1.29, 1.82) is 0 Å². The second-order valence-corrected chi connectivity index (χ2v) is 10.3. The van der Waals surface area contributed by atoms with Gasteiger partial charge in [0, 0.05) is 30.5 Å². The minimum Gasteiger partial charge on any atom is -0.353 e. The first kappa shape index (κ1) is 20.9. The van der Waals surface area contributed by atoms with Gasteiger partial charge in [-0.15, -0.1) is 0 Å². The lowest BCUT2D eigenvalue weighted by Crippen LogP contribution is -2.53. The van der Waals surface area contributed by atoms with Crippen LogP contribution in [0.5, 0.6) is 0 Å². The van der Waals surface area contributed by atoms with E-state index in [-0.39, 0.29) is 23.3 Å². The molecule has 0 spiro atoms. The molecule has 3 aliphatic rings. The van der Waals surface area contributed by atoms with Crippen LogP contribution in [0.25, 0.3) is 0 Å². The predicted molar refractivity (Wildman–Crippen MR) is 112 cm³/mol. The molecule has 2 saturated heterocycles. The second kappa shape index (κ2) is 8.03. The molecule has 0 radical (unpaired) electrons. The van der Waals surface area contributed by atoms with Gasteiger partial charge in [-0.3, -0.25) is 13.9 Å². The van der Waals surface area contributed by atoms with Crippen LogP contribution < -0.4 is 10.6 Å². The van der Waals surface area contributed by atoms with Crippen LogP contribution >= 0.6 is 0 Å². The van der Waals surface area contributed by atoms with E-state index in [0.717, 1.165) is 35.6 Å². The number of amides is 2. The number of hydrogen-bond acceptors (Lipinski definition) is 5. The minimum atomic E-state index is -3.96. The molecule has 3 heterocycles. The SMILES string of the molecule is Cc1ccc(S(=O)(=O)N2C=CNC(=O)[C@H]2CC(=O)NC2C[C@H]3CC[C@@H](C2)N3C)cc1. The van der Waals surface area contributed by atoms with Crippen LogP contribution in [-0.2, 0) is 19.6 Å². The number of sulfonamides is 1. The van der Waals surface area contributed by atoms with Gasteiger partial charge in [0.2, 0.25) is 11.8 Å². The number of nitrogens with one attached hydrogen (secondary N) is 2. The van der Waals surface area contributed by atoms with Crippen molar-refractivity contribution in [2.75, 3.05) is 7.05 Å². The highest BCUT2D eigenvalue weighted by atomic mass is 32.2. The molecule has 9 heteroatoms. The summed E-state index contributed by atoms with van der Waals surface area (Å²) in [5.41, 5.74) is 0.934. The number of benzene rings is 1. The highest BCUT2D eigenvalue weighted by Crippen LogP contribution is 2.34. The molecule has 1 aromatic rings. The molecule has 2 amide bonds. The summed E-state index contributed by atoms with van der Waals surface area (Å²) in [5, 5.41) is 5.56. The van der Waals surface area contributed by atoms with Crippen LogP contribution in [-0.4, -0.2) is 60.7 Å². The number of hydrogen-bond donors (Lipinski definition) is 2. The molecule has 1 unspecified atom stereocenters. The molecule has 1 aromatic carbocycles. The molecule has 0 aromatic heterocycles. The molecule has 162 valence electrons. The Morgan fingerprint density at radius 3 is 2.43 bits per heavy atom. The number of fused-ring (bicyclic) bond motifs is 2. The first-order chi connectivity index (χ1) is 14.3. The normalized spacial score (nSPS) is 29.0. The van der Waals surface area contributed by atoms with Gasteiger partial charge in [-0.05, 0) is 51.8 Å². The molecule has 3 aliphatic heterocycles. The number of aryl methyl sites for hydroxylation is 1. The van der Waals surface area contributed by atoms with E-state index in [4.69, 9.17) is 0 Å². The van der Waals surface area contributed by atoms with E-state index in [9.17, 15) is 18.0 Å². The molecule has 0 aliphatic carbocycles. The maximum Gasteiger partial charge on any atom is 0.264 e. The van der Waals surface area contributed by atoms with E-state index >= 15 is 0 Å². The summed E-state index contributed by atoms with van der Waals surface area (Å²) >= 11 is 0. The van der Waals surface area contributed by atoms with Crippen molar-refractivity contribution in [2.45, 2.75) is 68.1 Å². The fourth-order valence-electron chi connectivity index (χ4n) is 4.76. The molecule has 4 rings (SSSR count). The number of carbonyl (C=O) groups is 2. The Kier molecular flexibility index (Phi) is 5.59. The second-order valence-electron chi connectivity index (χ2n) is 8.48. The Hall–Kier alpha value is -2.39. The van der Waals surface area contributed by atoms with Crippen LogP contribution in [0, 0.1) is 6.92 Å². The summed E-state index contributed by atoms with van der Waals surface area (Å²) in [7, 11) is -1.82. The summed E-state index contributed by atoms with van der Waals surface area (Å²) in [6.45, 7) is 1.87. The molecule has 30 heavy (non-hydrogen) atoms. The van der Waals surface area contributed by atoms with Crippen LogP contribution in [0.4, 0.5) is 0 Å². The average molecular weight is 433 g/mol. The van der Waals surface area contributed by atoms with Crippen LogP contribution in [0.2, 0.25) is 0 Å². The monoisotopic (exact) mass is 432 g/mol. The Bertz CT molecular complexity index is 946. The predicted octanol–water partition coefficient (Wildman–Crippen LogP) is 1.09. The lowest BCUT2D eigenvalue weighted by molar-refractivity contribution is -0.130. The third-order valence-electron chi connectivity index (χ3n) is 6.50. The van der Waals surface area contributed by atoms with Crippen molar-refractivity contribution in [2.24, 2.45) is 0 Å². The largest absolute Gasteiger partial charge is 0.353 e. The van der Waals surface area contributed by atoms with Crippen LogP contribution in [0.15, 0.2) is 41.6 Å². The third-order valence-corrected chi connectivity index (χ3v) is 8.29. The van der Waals surface area contributed by atoms with Gasteiger partial charge < -0.3 is 15.5 Å². The fraction of sp³-hybridized carbons (Fsp3) is 0.524. The number of nitrogens with zero attached hydrogens (tertiary/aromatic N) is 2. The molecular weight excluding hydrogens is 404 g/mol. The molecular formula is C21H28N4O4S. The van der Waals surface area contributed by atoms with Crippen LogP contribution in [0.1, 0.15) is 37.7 Å². The van der Waals surface area contributed by atoms with Crippen molar-refractivity contribution >= 4 is 21.8 Å². The molecule has 2 fully saturated rings. The van der Waals surface area contributed by atoms with Crippen molar-refractivity contribution < 1.29 is 18.0 Å². The van der Waals surface area contributed by atoms with Gasteiger partial charge in [0.1, 0.15) is 6.04 Å². The van der Waals surface area contributed by atoms with Crippen LogP contribution in [0.3, 0.4) is 0 Å². The van der Waals surface area contributed by atoms with E-state index in [1.165, 1.54) is 24.5 Å².